The van der Waals surface area contributed by atoms with Crippen molar-refractivity contribution in [3.8, 4) is 0 Å². The normalized spacial score (nSPS) is 16.6. The van der Waals surface area contributed by atoms with Gasteiger partial charge < -0.3 is 16.4 Å². The Kier molecular flexibility index (Phi) is 5.76. The fourth-order valence-corrected chi connectivity index (χ4v) is 5.03. The number of halogens is 6. The van der Waals surface area contributed by atoms with Gasteiger partial charge in [0.05, 0.1) is 23.0 Å². The van der Waals surface area contributed by atoms with Crippen LogP contribution in [0.1, 0.15) is 38.7 Å². The lowest BCUT2D eigenvalue weighted by Crippen LogP contribution is -2.46. The summed E-state index contributed by atoms with van der Waals surface area (Å²) in [5, 5.41) is 5.33. The molecule has 0 aliphatic carbocycles. The van der Waals surface area contributed by atoms with Gasteiger partial charge in [-0.2, -0.15) is 13.2 Å². The summed E-state index contributed by atoms with van der Waals surface area (Å²) >= 11 is 12.2. The van der Waals surface area contributed by atoms with Crippen molar-refractivity contribution < 1.29 is 27.2 Å². The maximum atomic E-state index is 13.8. The third-order valence-electron chi connectivity index (χ3n) is 6.14. The molecule has 186 valence electrons. The number of nitrogens with one attached hydrogen (secondary N) is 2. The number of amides is 3. The number of rotatable bonds is 3. The summed E-state index contributed by atoms with van der Waals surface area (Å²) in [6, 6.07) is 5.86. The van der Waals surface area contributed by atoms with Crippen molar-refractivity contribution >= 4 is 52.2 Å². The lowest BCUT2D eigenvalue weighted by molar-refractivity contribution is -0.137. The van der Waals surface area contributed by atoms with E-state index in [1.54, 1.807) is 0 Å². The van der Waals surface area contributed by atoms with Gasteiger partial charge in [0.25, 0.3) is 5.91 Å². The molecule has 3 amide bonds. The SMILES string of the molecule is Nc1cc(NC(=O)c2cc(F)cc(Cl)c2)c2c3c1CCN3C(=O)NC2c1cc(C(F)(F)F)ccc1Cl. The third kappa shape index (κ3) is 4.10. The fraction of sp³-hybridized carbons (Fsp3) is 0.167. The van der Waals surface area contributed by atoms with Crippen LogP contribution in [0.4, 0.5) is 39.4 Å². The molecule has 3 aromatic rings. The minimum absolute atomic E-state index is 0.00187. The second kappa shape index (κ2) is 8.56. The van der Waals surface area contributed by atoms with E-state index >= 15 is 0 Å². The van der Waals surface area contributed by atoms with Crippen molar-refractivity contribution in [2.75, 3.05) is 22.5 Å². The average molecular weight is 539 g/mol. The molecule has 0 radical (unpaired) electrons. The van der Waals surface area contributed by atoms with Crippen LogP contribution in [0.5, 0.6) is 0 Å². The van der Waals surface area contributed by atoms with Gasteiger partial charge in [-0.25, -0.2) is 9.18 Å². The van der Waals surface area contributed by atoms with E-state index in [-0.39, 0.29) is 39.1 Å². The number of benzene rings is 3. The van der Waals surface area contributed by atoms with Crippen molar-refractivity contribution in [3.05, 3.63) is 86.1 Å². The molecule has 0 spiro atoms. The lowest BCUT2D eigenvalue weighted by Gasteiger charge is -2.35. The Morgan fingerprint density at radius 1 is 1.14 bits per heavy atom. The monoisotopic (exact) mass is 538 g/mol. The van der Waals surface area contributed by atoms with E-state index in [1.807, 2.05) is 0 Å². The summed E-state index contributed by atoms with van der Waals surface area (Å²) < 4.78 is 54.3. The summed E-state index contributed by atoms with van der Waals surface area (Å²) in [4.78, 5) is 27.3. The van der Waals surface area contributed by atoms with Gasteiger partial charge in [-0.05, 0) is 54.4 Å². The third-order valence-corrected chi connectivity index (χ3v) is 6.71. The molecule has 1 unspecified atom stereocenters. The predicted molar refractivity (Wildman–Crippen MR) is 128 cm³/mol. The number of nitrogen functional groups attached to an aromatic ring is 1. The van der Waals surface area contributed by atoms with Crippen molar-refractivity contribution in [1.29, 1.82) is 0 Å². The summed E-state index contributed by atoms with van der Waals surface area (Å²) in [5.74, 6) is -1.46. The Balaban J connectivity index is 1.68. The number of nitrogens with zero attached hydrogens (tertiary/aromatic N) is 1. The number of anilines is 3. The largest absolute Gasteiger partial charge is 0.416 e. The molecule has 3 aromatic carbocycles. The second-order valence-corrected chi connectivity index (χ2v) is 9.23. The van der Waals surface area contributed by atoms with Crippen molar-refractivity contribution in [2.24, 2.45) is 0 Å². The maximum absolute atomic E-state index is 13.8. The first-order valence-electron chi connectivity index (χ1n) is 10.6. The van der Waals surface area contributed by atoms with Crippen LogP contribution < -0.4 is 21.3 Å². The first-order chi connectivity index (χ1) is 16.9. The van der Waals surface area contributed by atoms with Gasteiger partial charge in [0, 0.05) is 39.0 Å². The Labute approximate surface area is 212 Å². The average Bonchev–Trinajstić information content (AvgIpc) is 3.23. The minimum Gasteiger partial charge on any atom is -0.398 e. The lowest BCUT2D eigenvalue weighted by atomic mass is 9.90. The molecule has 5 rings (SSSR count). The minimum atomic E-state index is -4.65. The van der Waals surface area contributed by atoms with Gasteiger partial charge in [-0.1, -0.05) is 23.2 Å². The van der Waals surface area contributed by atoms with E-state index in [0.29, 0.717) is 23.2 Å². The van der Waals surface area contributed by atoms with E-state index in [9.17, 15) is 27.2 Å². The second-order valence-electron chi connectivity index (χ2n) is 8.38. The van der Waals surface area contributed by atoms with E-state index in [2.05, 4.69) is 10.6 Å². The number of hydrogen-bond donors (Lipinski definition) is 3. The number of hydrogen-bond acceptors (Lipinski definition) is 3. The van der Waals surface area contributed by atoms with E-state index in [1.165, 1.54) is 17.0 Å². The fourth-order valence-electron chi connectivity index (χ4n) is 4.58. The standard InChI is InChI=1S/C24H16Cl2F4N4O2/c25-12-5-10(6-13(27)8-12)22(35)32-18-9-17(31)14-3-4-34-21(14)19(18)20(33-23(34)36)15-7-11(24(28,29)30)1-2-16(15)26/h1-2,5-9,20H,3-4,31H2,(H,32,35)(H,33,36). The molecule has 0 saturated heterocycles. The molecule has 0 fully saturated rings. The molecule has 12 heteroatoms. The van der Waals surface area contributed by atoms with Crippen LogP contribution in [-0.2, 0) is 12.6 Å². The topological polar surface area (TPSA) is 87.5 Å². The van der Waals surface area contributed by atoms with Gasteiger partial charge in [0.15, 0.2) is 0 Å². The predicted octanol–water partition coefficient (Wildman–Crippen LogP) is 6.16. The summed E-state index contributed by atoms with van der Waals surface area (Å²) in [6.45, 7) is 0.290. The van der Waals surface area contributed by atoms with Crippen molar-refractivity contribution in [1.82, 2.24) is 5.32 Å². The Hall–Kier alpha value is -3.50. The van der Waals surface area contributed by atoms with Crippen LogP contribution in [0.3, 0.4) is 0 Å². The number of carbonyl (C=O) groups is 2. The van der Waals surface area contributed by atoms with E-state index < -0.39 is 35.5 Å². The van der Waals surface area contributed by atoms with Gasteiger partial charge in [0.1, 0.15) is 5.82 Å². The molecular formula is C24H16Cl2F4N4O2. The molecule has 2 heterocycles. The number of alkyl halides is 3. The first-order valence-corrected chi connectivity index (χ1v) is 11.4. The molecule has 1 atom stereocenters. The van der Waals surface area contributed by atoms with Gasteiger partial charge in [-0.3, -0.25) is 9.69 Å². The zero-order chi connectivity index (χ0) is 25.9. The van der Waals surface area contributed by atoms with Gasteiger partial charge >= 0.3 is 12.2 Å². The van der Waals surface area contributed by atoms with Gasteiger partial charge in [0.2, 0.25) is 0 Å². The summed E-state index contributed by atoms with van der Waals surface area (Å²) in [6.07, 6.45) is -4.24. The molecule has 4 N–H and O–H groups in total. The van der Waals surface area contributed by atoms with Crippen molar-refractivity contribution in [2.45, 2.75) is 18.6 Å². The van der Waals surface area contributed by atoms with Crippen LogP contribution >= 0.6 is 23.2 Å². The quantitative estimate of drug-likeness (QED) is 0.275. The van der Waals surface area contributed by atoms with Crippen LogP contribution in [0, 0.1) is 5.82 Å². The molecule has 36 heavy (non-hydrogen) atoms. The zero-order valence-corrected chi connectivity index (χ0v) is 19.7. The molecule has 6 nitrogen and oxygen atoms in total. The highest BCUT2D eigenvalue weighted by molar-refractivity contribution is 6.31. The highest BCUT2D eigenvalue weighted by Crippen LogP contribution is 2.49. The Morgan fingerprint density at radius 2 is 1.89 bits per heavy atom. The maximum Gasteiger partial charge on any atom is 0.416 e. The number of nitrogens with two attached hydrogens (primary N) is 1. The summed E-state index contributed by atoms with van der Waals surface area (Å²) in [5.41, 5.74) is 6.91. The first kappa shape index (κ1) is 24.2. The van der Waals surface area contributed by atoms with Crippen LogP contribution in [-0.4, -0.2) is 18.5 Å². The van der Waals surface area contributed by atoms with Crippen LogP contribution in [0.2, 0.25) is 10.0 Å². The molecule has 2 aliphatic heterocycles. The Morgan fingerprint density at radius 3 is 2.58 bits per heavy atom. The molecule has 2 aliphatic rings. The van der Waals surface area contributed by atoms with Gasteiger partial charge in [-0.15, -0.1) is 0 Å². The zero-order valence-electron chi connectivity index (χ0n) is 18.1. The Bertz CT molecular complexity index is 1420. The molecule has 0 saturated carbocycles. The smallest absolute Gasteiger partial charge is 0.398 e. The number of carbonyl (C=O) groups excluding carboxylic acids is 2. The van der Waals surface area contributed by atoms with Crippen molar-refractivity contribution in [3.63, 3.8) is 0 Å². The van der Waals surface area contributed by atoms with Crippen LogP contribution in [0.15, 0.2) is 42.5 Å². The highest BCUT2D eigenvalue weighted by Gasteiger charge is 2.41. The van der Waals surface area contributed by atoms with Crippen LogP contribution in [0.25, 0.3) is 0 Å². The molecule has 0 aromatic heterocycles. The molecular weight excluding hydrogens is 523 g/mol. The highest BCUT2D eigenvalue weighted by atomic mass is 35.5. The van der Waals surface area contributed by atoms with E-state index in [0.717, 1.165) is 30.3 Å². The number of urea groups is 1. The molecule has 0 bridgehead atoms. The summed E-state index contributed by atoms with van der Waals surface area (Å²) in [7, 11) is 0. The van der Waals surface area contributed by atoms with E-state index in [4.69, 9.17) is 28.9 Å².